The normalized spacial score (nSPS) is 16.0. The molecule has 3 amide bonds. The number of urea groups is 1. The van der Waals surface area contributed by atoms with E-state index in [1.54, 1.807) is 17.6 Å². The molecule has 3 rings (SSSR count). The lowest BCUT2D eigenvalue weighted by molar-refractivity contribution is -0.119. The Morgan fingerprint density at radius 3 is 2.52 bits per heavy atom. The monoisotopic (exact) mass is 416 g/mol. The number of carbonyl (C=O) groups is 2. The molecule has 29 heavy (non-hydrogen) atoms. The number of hydrogen-bond donors (Lipinski definition) is 2. The molecule has 0 unspecified atom stereocenters. The fourth-order valence-electron chi connectivity index (χ4n) is 3.59. The molecule has 7 nitrogen and oxygen atoms in total. The molecular formula is C21H28N4O3S. The van der Waals surface area contributed by atoms with Crippen molar-refractivity contribution >= 4 is 34.6 Å². The summed E-state index contributed by atoms with van der Waals surface area (Å²) < 4.78 is 1.77. The number of benzene rings is 1. The van der Waals surface area contributed by atoms with Crippen molar-refractivity contribution < 1.29 is 9.59 Å². The second-order valence-corrected chi connectivity index (χ2v) is 9.06. The van der Waals surface area contributed by atoms with E-state index >= 15 is 0 Å². The Morgan fingerprint density at radius 2 is 1.83 bits per heavy atom. The van der Waals surface area contributed by atoms with Crippen LogP contribution in [0.15, 0.2) is 34.2 Å². The van der Waals surface area contributed by atoms with Gasteiger partial charge >= 0.3 is 6.03 Å². The number of nitrogens with one attached hydrogen (secondary N) is 2. The van der Waals surface area contributed by atoms with E-state index in [-0.39, 0.29) is 17.6 Å². The average molecular weight is 417 g/mol. The lowest BCUT2D eigenvalue weighted by Crippen LogP contribution is -2.45. The number of nitrogens with zero attached hydrogens (tertiary/aromatic N) is 2. The molecule has 1 fully saturated rings. The topological polar surface area (TPSA) is 93.1 Å². The Balaban J connectivity index is 1.90. The predicted molar refractivity (Wildman–Crippen MR) is 115 cm³/mol. The minimum Gasteiger partial charge on any atom is -0.336 e. The molecule has 1 heterocycles. The molecule has 1 saturated carbocycles. The first-order valence-electron chi connectivity index (χ1n) is 10.2. The molecule has 1 aliphatic rings. The van der Waals surface area contributed by atoms with Crippen LogP contribution in [-0.4, -0.2) is 32.8 Å². The highest BCUT2D eigenvalue weighted by atomic mass is 32.2. The standard InChI is InChI=1S/C21H28N4O3S/c1-13(2)22-20(28)24-18(26)14(3)29-21-23-17-12-8-7-11-16(17)19(27)25(21)15-9-5-4-6-10-15/h7-8,11-15H,4-6,9-10H2,1-3H3,(H2,22,24,26,28)/t14-/m1/s1. The number of hydrogen-bond acceptors (Lipinski definition) is 5. The summed E-state index contributed by atoms with van der Waals surface area (Å²) in [6.07, 6.45) is 5.22. The van der Waals surface area contributed by atoms with Crippen molar-refractivity contribution in [2.45, 2.75) is 75.4 Å². The fourth-order valence-corrected chi connectivity index (χ4v) is 4.57. The molecule has 1 aliphatic carbocycles. The summed E-state index contributed by atoms with van der Waals surface area (Å²) in [5, 5.41) is 5.55. The summed E-state index contributed by atoms with van der Waals surface area (Å²) >= 11 is 1.22. The summed E-state index contributed by atoms with van der Waals surface area (Å²) in [6.45, 7) is 5.36. The molecule has 2 aromatic rings. The van der Waals surface area contributed by atoms with Gasteiger partial charge in [-0.2, -0.15) is 0 Å². The first-order chi connectivity index (χ1) is 13.9. The van der Waals surface area contributed by atoms with Gasteiger partial charge in [-0.3, -0.25) is 19.5 Å². The zero-order chi connectivity index (χ0) is 21.0. The highest BCUT2D eigenvalue weighted by Crippen LogP contribution is 2.32. The highest BCUT2D eigenvalue weighted by molar-refractivity contribution is 8.00. The Morgan fingerprint density at radius 1 is 1.14 bits per heavy atom. The van der Waals surface area contributed by atoms with Gasteiger partial charge < -0.3 is 5.32 Å². The van der Waals surface area contributed by atoms with Crippen LogP contribution < -0.4 is 16.2 Å². The van der Waals surface area contributed by atoms with Crippen molar-refractivity contribution in [3.63, 3.8) is 0 Å². The molecule has 1 aromatic carbocycles. The van der Waals surface area contributed by atoms with Gasteiger partial charge in [-0.1, -0.05) is 43.2 Å². The van der Waals surface area contributed by atoms with Crippen LogP contribution >= 0.6 is 11.8 Å². The van der Waals surface area contributed by atoms with Gasteiger partial charge in [-0.05, 0) is 45.7 Å². The number of aromatic nitrogens is 2. The van der Waals surface area contributed by atoms with Crippen LogP contribution in [-0.2, 0) is 4.79 Å². The van der Waals surface area contributed by atoms with Gasteiger partial charge in [0.15, 0.2) is 5.16 Å². The fraction of sp³-hybridized carbons (Fsp3) is 0.524. The molecular weight excluding hydrogens is 388 g/mol. The average Bonchev–Trinajstić information content (AvgIpc) is 2.68. The lowest BCUT2D eigenvalue weighted by atomic mass is 9.95. The SMILES string of the molecule is CC(C)NC(=O)NC(=O)[C@@H](C)Sc1nc2ccccc2c(=O)n1C1CCCCC1. The second kappa shape index (κ2) is 9.43. The van der Waals surface area contributed by atoms with Crippen molar-refractivity contribution in [3.05, 3.63) is 34.6 Å². The molecule has 0 radical (unpaired) electrons. The maximum Gasteiger partial charge on any atom is 0.321 e. The number of rotatable bonds is 5. The molecule has 1 aromatic heterocycles. The Bertz CT molecular complexity index is 951. The van der Waals surface area contributed by atoms with Crippen LogP contribution in [0.3, 0.4) is 0 Å². The van der Waals surface area contributed by atoms with E-state index in [0.29, 0.717) is 16.1 Å². The molecule has 0 aliphatic heterocycles. The smallest absolute Gasteiger partial charge is 0.321 e. The first-order valence-corrected chi connectivity index (χ1v) is 11.0. The summed E-state index contributed by atoms with van der Waals surface area (Å²) in [7, 11) is 0. The van der Waals surface area contributed by atoms with Gasteiger partial charge in [0.1, 0.15) is 0 Å². The quantitative estimate of drug-likeness (QED) is 0.574. The van der Waals surface area contributed by atoms with Gasteiger partial charge in [0, 0.05) is 12.1 Å². The van der Waals surface area contributed by atoms with E-state index in [4.69, 9.17) is 4.98 Å². The van der Waals surface area contributed by atoms with Crippen molar-refractivity contribution in [2.75, 3.05) is 0 Å². The van der Waals surface area contributed by atoms with Crippen molar-refractivity contribution in [1.82, 2.24) is 20.2 Å². The van der Waals surface area contributed by atoms with Crippen LogP contribution in [0.5, 0.6) is 0 Å². The van der Waals surface area contributed by atoms with Crippen LogP contribution in [0.1, 0.15) is 58.9 Å². The van der Waals surface area contributed by atoms with E-state index < -0.39 is 17.2 Å². The van der Waals surface area contributed by atoms with E-state index in [1.165, 1.54) is 18.2 Å². The van der Waals surface area contributed by atoms with Crippen LogP contribution in [0.25, 0.3) is 10.9 Å². The maximum atomic E-state index is 13.2. The minimum atomic E-state index is -0.573. The highest BCUT2D eigenvalue weighted by Gasteiger charge is 2.25. The van der Waals surface area contributed by atoms with Gasteiger partial charge in [-0.25, -0.2) is 9.78 Å². The van der Waals surface area contributed by atoms with Crippen LogP contribution in [0, 0.1) is 0 Å². The van der Waals surface area contributed by atoms with Gasteiger partial charge in [0.2, 0.25) is 5.91 Å². The maximum absolute atomic E-state index is 13.2. The number of carbonyl (C=O) groups excluding carboxylic acids is 2. The number of amides is 3. The number of fused-ring (bicyclic) bond motifs is 1. The van der Waals surface area contributed by atoms with Gasteiger partial charge in [0.25, 0.3) is 5.56 Å². The molecule has 8 heteroatoms. The Kier molecular flexibility index (Phi) is 6.95. The summed E-state index contributed by atoms with van der Waals surface area (Å²) in [4.78, 5) is 42.3. The second-order valence-electron chi connectivity index (χ2n) is 7.76. The van der Waals surface area contributed by atoms with Gasteiger partial charge in [-0.15, -0.1) is 0 Å². The minimum absolute atomic E-state index is 0.0600. The van der Waals surface area contributed by atoms with Crippen LogP contribution in [0.4, 0.5) is 4.79 Å². The number of thioether (sulfide) groups is 1. The molecule has 156 valence electrons. The predicted octanol–water partition coefficient (Wildman–Crippen LogP) is 3.62. The molecule has 1 atom stereocenters. The lowest BCUT2D eigenvalue weighted by Gasteiger charge is -2.26. The third kappa shape index (κ3) is 5.18. The van der Waals surface area contributed by atoms with Crippen molar-refractivity contribution in [3.8, 4) is 0 Å². The zero-order valence-electron chi connectivity index (χ0n) is 17.1. The third-order valence-corrected chi connectivity index (χ3v) is 6.09. The van der Waals surface area contributed by atoms with Crippen molar-refractivity contribution in [2.24, 2.45) is 0 Å². The first kappa shape index (κ1) is 21.4. The molecule has 0 spiro atoms. The van der Waals surface area contributed by atoms with Gasteiger partial charge in [0.05, 0.1) is 16.2 Å². The van der Waals surface area contributed by atoms with E-state index in [1.807, 2.05) is 32.0 Å². The summed E-state index contributed by atoms with van der Waals surface area (Å²) in [5.74, 6) is -0.411. The summed E-state index contributed by atoms with van der Waals surface area (Å²) in [6, 6.07) is 6.80. The Labute approximate surface area is 174 Å². The van der Waals surface area contributed by atoms with E-state index in [2.05, 4.69) is 10.6 Å². The van der Waals surface area contributed by atoms with Crippen LogP contribution in [0.2, 0.25) is 0 Å². The third-order valence-electron chi connectivity index (χ3n) is 5.02. The Hall–Kier alpha value is -2.35. The van der Waals surface area contributed by atoms with E-state index in [9.17, 15) is 14.4 Å². The molecule has 0 saturated heterocycles. The van der Waals surface area contributed by atoms with E-state index in [0.717, 1.165) is 25.7 Å². The van der Waals surface area contributed by atoms with Crippen molar-refractivity contribution in [1.29, 1.82) is 0 Å². The summed E-state index contributed by atoms with van der Waals surface area (Å²) in [5.41, 5.74) is 0.562. The number of imide groups is 1. The largest absolute Gasteiger partial charge is 0.336 e. The molecule has 2 N–H and O–H groups in total. The molecule has 0 bridgehead atoms. The number of para-hydroxylation sites is 1. The zero-order valence-corrected chi connectivity index (χ0v) is 17.9.